The lowest BCUT2D eigenvalue weighted by atomic mass is 9.80. The fourth-order valence-electron chi connectivity index (χ4n) is 1.97. The van der Waals surface area contributed by atoms with Gasteiger partial charge in [-0.2, -0.15) is 0 Å². The number of rotatable bonds is 7. The van der Waals surface area contributed by atoms with Crippen molar-refractivity contribution in [3.8, 4) is 0 Å². The average Bonchev–Trinajstić information content (AvgIpc) is 2.26. The van der Waals surface area contributed by atoms with Gasteiger partial charge in [0.2, 0.25) is 0 Å². The van der Waals surface area contributed by atoms with Crippen molar-refractivity contribution in [3.63, 3.8) is 0 Å². The molecule has 0 saturated carbocycles. The van der Waals surface area contributed by atoms with Crippen LogP contribution in [-0.4, -0.2) is 37.4 Å². The van der Waals surface area contributed by atoms with Gasteiger partial charge in [0.15, 0.2) is 6.04 Å². The van der Waals surface area contributed by atoms with Crippen molar-refractivity contribution in [2.24, 2.45) is 10.4 Å². The molecule has 20 heavy (non-hydrogen) atoms. The molecule has 0 aliphatic rings. The monoisotopic (exact) mass is 285 g/mol. The van der Waals surface area contributed by atoms with Gasteiger partial charge in [0.05, 0.1) is 7.11 Å². The summed E-state index contributed by atoms with van der Waals surface area (Å²) in [6.07, 6.45) is 1.61. The van der Waals surface area contributed by atoms with Gasteiger partial charge in [-0.25, -0.2) is 4.79 Å². The van der Waals surface area contributed by atoms with E-state index in [9.17, 15) is 9.59 Å². The first-order valence-corrected chi connectivity index (χ1v) is 6.79. The Morgan fingerprint density at radius 2 is 1.75 bits per heavy atom. The molecule has 0 fully saturated rings. The Kier molecular flexibility index (Phi) is 6.89. The first-order valence-electron chi connectivity index (χ1n) is 6.79. The molecule has 0 aliphatic carbocycles. The van der Waals surface area contributed by atoms with E-state index in [1.165, 1.54) is 7.11 Å². The fraction of sp³-hybridized carbons (Fsp3) is 0.800. The summed E-state index contributed by atoms with van der Waals surface area (Å²) in [4.78, 5) is 27.1. The molecular weight excluding hydrogens is 258 g/mol. The molecule has 116 valence electrons. The normalized spacial score (nSPS) is 13.5. The van der Waals surface area contributed by atoms with Crippen LogP contribution >= 0.6 is 0 Å². The van der Waals surface area contributed by atoms with Crippen LogP contribution < -0.4 is 0 Å². The van der Waals surface area contributed by atoms with Crippen LogP contribution in [0.4, 0.5) is 0 Å². The van der Waals surface area contributed by atoms with Gasteiger partial charge in [-0.1, -0.05) is 13.8 Å². The largest absolute Gasteiger partial charge is 0.467 e. The van der Waals surface area contributed by atoms with Crippen LogP contribution in [0.3, 0.4) is 0 Å². The highest BCUT2D eigenvalue weighted by molar-refractivity contribution is 5.77. The van der Waals surface area contributed by atoms with Gasteiger partial charge in [0.1, 0.15) is 5.60 Å². The van der Waals surface area contributed by atoms with E-state index in [2.05, 4.69) is 11.7 Å². The molecule has 0 bridgehead atoms. The van der Waals surface area contributed by atoms with E-state index in [4.69, 9.17) is 9.47 Å². The minimum absolute atomic E-state index is 0.227. The molecule has 0 aliphatic heterocycles. The third kappa shape index (κ3) is 6.68. The summed E-state index contributed by atoms with van der Waals surface area (Å²) in [6.45, 7) is 12.8. The molecule has 0 saturated heterocycles. The predicted octanol–water partition coefficient (Wildman–Crippen LogP) is 2.77. The Bertz CT molecular complexity index is 355. The summed E-state index contributed by atoms with van der Waals surface area (Å²) in [5.74, 6) is -0.628. The third-order valence-electron chi connectivity index (χ3n) is 2.97. The lowest BCUT2D eigenvalue weighted by Crippen LogP contribution is -2.36. The minimum Gasteiger partial charge on any atom is -0.467 e. The molecule has 0 aromatic rings. The number of esters is 2. The van der Waals surface area contributed by atoms with Gasteiger partial charge < -0.3 is 9.47 Å². The Morgan fingerprint density at radius 1 is 1.20 bits per heavy atom. The molecule has 5 heteroatoms. The second-order valence-corrected chi connectivity index (χ2v) is 6.54. The van der Waals surface area contributed by atoms with E-state index in [-0.39, 0.29) is 5.97 Å². The van der Waals surface area contributed by atoms with Gasteiger partial charge in [0, 0.05) is 6.42 Å². The van der Waals surface area contributed by atoms with Gasteiger partial charge in [-0.3, -0.25) is 9.79 Å². The van der Waals surface area contributed by atoms with Gasteiger partial charge in [-0.05, 0) is 45.7 Å². The van der Waals surface area contributed by atoms with Crippen molar-refractivity contribution in [3.05, 3.63) is 0 Å². The highest BCUT2D eigenvalue weighted by Gasteiger charge is 2.35. The second kappa shape index (κ2) is 7.41. The lowest BCUT2D eigenvalue weighted by Gasteiger charge is -2.29. The molecule has 5 nitrogen and oxygen atoms in total. The molecular formula is C15H27NO4. The maximum atomic E-state index is 11.6. The number of nitrogens with zero attached hydrogens (tertiary/aromatic N) is 1. The van der Waals surface area contributed by atoms with Crippen LogP contribution in [-0.2, 0) is 19.1 Å². The van der Waals surface area contributed by atoms with Crippen molar-refractivity contribution in [2.75, 3.05) is 7.11 Å². The standard InChI is InChI=1S/C15H27NO4/c1-14(2,3)20-11(17)9-8-10-15(4,5)12(16-6)13(18)19-7/h12H,6,8-10H2,1-5,7H3. The zero-order valence-electron chi connectivity index (χ0n) is 13.5. The van der Waals surface area contributed by atoms with Crippen molar-refractivity contribution in [1.82, 2.24) is 0 Å². The highest BCUT2D eigenvalue weighted by Crippen LogP contribution is 2.30. The maximum Gasteiger partial charge on any atom is 0.331 e. The summed E-state index contributed by atoms with van der Waals surface area (Å²) in [6, 6.07) is -0.619. The zero-order valence-corrected chi connectivity index (χ0v) is 13.5. The fourth-order valence-corrected chi connectivity index (χ4v) is 1.97. The maximum absolute atomic E-state index is 11.6. The van der Waals surface area contributed by atoms with E-state index >= 15 is 0 Å². The lowest BCUT2D eigenvalue weighted by molar-refractivity contribution is -0.155. The molecule has 0 spiro atoms. The number of hydrogen-bond acceptors (Lipinski definition) is 5. The summed E-state index contributed by atoms with van der Waals surface area (Å²) < 4.78 is 9.96. The second-order valence-electron chi connectivity index (χ2n) is 6.54. The Hall–Kier alpha value is -1.39. The third-order valence-corrected chi connectivity index (χ3v) is 2.97. The van der Waals surface area contributed by atoms with Crippen LogP contribution in [0.1, 0.15) is 53.9 Å². The minimum atomic E-state index is -0.619. The summed E-state index contributed by atoms with van der Waals surface area (Å²) in [5.41, 5.74) is -0.874. The summed E-state index contributed by atoms with van der Waals surface area (Å²) in [7, 11) is 1.33. The molecule has 0 heterocycles. The SMILES string of the molecule is C=NC(C(=O)OC)C(C)(C)CCCC(=O)OC(C)(C)C. The van der Waals surface area contributed by atoms with Crippen molar-refractivity contribution < 1.29 is 19.1 Å². The van der Waals surface area contributed by atoms with E-state index in [0.29, 0.717) is 19.3 Å². The molecule has 0 amide bonds. The van der Waals surface area contributed by atoms with E-state index in [0.717, 1.165) is 0 Å². The summed E-state index contributed by atoms with van der Waals surface area (Å²) in [5, 5.41) is 0. The summed E-state index contributed by atoms with van der Waals surface area (Å²) >= 11 is 0. The van der Waals surface area contributed by atoms with Gasteiger partial charge >= 0.3 is 11.9 Å². The molecule has 0 radical (unpaired) electrons. The zero-order chi connectivity index (χ0) is 16.0. The van der Waals surface area contributed by atoms with Gasteiger partial charge in [-0.15, -0.1) is 0 Å². The number of ether oxygens (including phenoxy) is 2. The predicted molar refractivity (Wildman–Crippen MR) is 78.8 cm³/mol. The van der Waals surface area contributed by atoms with Crippen molar-refractivity contribution in [2.45, 2.75) is 65.5 Å². The van der Waals surface area contributed by atoms with E-state index in [1.54, 1.807) is 0 Å². The number of hydrogen-bond donors (Lipinski definition) is 0. The van der Waals surface area contributed by atoms with Crippen molar-refractivity contribution >= 4 is 18.7 Å². The Balaban J connectivity index is 4.38. The quantitative estimate of drug-likeness (QED) is 0.533. The van der Waals surface area contributed by atoms with Crippen molar-refractivity contribution in [1.29, 1.82) is 0 Å². The number of carbonyl (C=O) groups excluding carboxylic acids is 2. The first-order chi connectivity index (χ1) is 9.03. The number of carbonyl (C=O) groups is 2. The van der Waals surface area contributed by atoms with Crippen LogP contribution in [0.25, 0.3) is 0 Å². The average molecular weight is 285 g/mol. The molecule has 1 unspecified atom stereocenters. The van der Waals surface area contributed by atoms with E-state index < -0.39 is 23.0 Å². The van der Waals surface area contributed by atoms with Crippen LogP contribution in [0, 0.1) is 5.41 Å². The molecule has 0 aromatic heterocycles. The number of methoxy groups -OCH3 is 1. The van der Waals surface area contributed by atoms with Crippen LogP contribution in [0.5, 0.6) is 0 Å². The van der Waals surface area contributed by atoms with Crippen LogP contribution in [0.2, 0.25) is 0 Å². The molecule has 0 aromatic carbocycles. The molecule has 0 rings (SSSR count). The Labute approximate surface area is 121 Å². The molecule has 0 N–H and O–H groups in total. The smallest absolute Gasteiger partial charge is 0.331 e. The topological polar surface area (TPSA) is 65.0 Å². The first kappa shape index (κ1) is 18.6. The molecule has 1 atom stereocenters. The Morgan fingerprint density at radius 3 is 2.15 bits per heavy atom. The number of aliphatic imine (C=N–C) groups is 1. The van der Waals surface area contributed by atoms with Gasteiger partial charge in [0.25, 0.3) is 0 Å². The van der Waals surface area contributed by atoms with E-state index in [1.807, 2.05) is 34.6 Å². The van der Waals surface area contributed by atoms with Crippen LogP contribution in [0.15, 0.2) is 4.99 Å². The highest BCUT2D eigenvalue weighted by atomic mass is 16.6.